The molecule has 0 aromatic rings. The van der Waals surface area contributed by atoms with Gasteiger partial charge in [0.25, 0.3) is 0 Å². The van der Waals surface area contributed by atoms with Crippen LogP contribution in [0.15, 0.2) is 0 Å². The molecule has 1 N–H and O–H groups in total. The Kier molecular flexibility index (Phi) is 4.25. The van der Waals surface area contributed by atoms with Crippen molar-refractivity contribution >= 4 is 0 Å². The molecule has 0 amide bonds. The molecule has 0 rings (SSSR count). The first kappa shape index (κ1) is 12.0. The molecule has 0 unspecified atom stereocenters. The molecule has 0 aromatic heterocycles. The molecule has 0 aliphatic heterocycles. The van der Waals surface area contributed by atoms with E-state index >= 15 is 0 Å². The zero-order valence-corrected chi connectivity index (χ0v) is 9.62. The molecule has 0 aromatic carbocycles. The standard InChI is InChI=1S/C11H25N/c1-7-11(5,6)9-12-8-10(2,3)4/h12H,7-9H2,1-6H3. The summed E-state index contributed by atoms with van der Waals surface area (Å²) in [5.41, 5.74) is 0.856. The van der Waals surface area contributed by atoms with Crippen LogP contribution in [0.2, 0.25) is 0 Å². The fourth-order valence-corrected chi connectivity index (χ4v) is 0.901. The summed E-state index contributed by atoms with van der Waals surface area (Å²) in [6.07, 6.45) is 1.24. The largest absolute Gasteiger partial charge is 0.316 e. The minimum absolute atomic E-state index is 0.407. The van der Waals surface area contributed by atoms with E-state index in [1.165, 1.54) is 6.42 Å². The van der Waals surface area contributed by atoms with Crippen LogP contribution in [0.5, 0.6) is 0 Å². The Morgan fingerprint density at radius 1 is 0.917 bits per heavy atom. The van der Waals surface area contributed by atoms with Gasteiger partial charge in [0.2, 0.25) is 0 Å². The lowest BCUT2D eigenvalue weighted by molar-refractivity contribution is 0.293. The van der Waals surface area contributed by atoms with E-state index in [0.717, 1.165) is 13.1 Å². The maximum absolute atomic E-state index is 3.52. The minimum Gasteiger partial charge on any atom is -0.316 e. The van der Waals surface area contributed by atoms with E-state index in [4.69, 9.17) is 0 Å². The van der Waals surface area contributed by atoms with Crippen molar-refractivity contribution in [2.24, 2.45) is 10.8 Å². The Labute approximate surface area is 77.9 Å². The Morgan fingerprint density at radius 2 is 1.42 bits per heavy atom. The number of rotatable bonds is 4. The predicted molar refractivity (Wildman–Crippen MR) is 56.4 cm³/mol. The number of nitrogens with one attached hydrogen (secondary N) is 1. The van der Waals surface area contributed by atoms with Gasteiger partial charge >= 0.3 is 0 Å². The van der Waals surface area contributed by atoms with E-state index in [-0.39, 0.29) is 0 Å². The van der Waals surface area contributed by atoms with E-state index in [1.54, 1.807) is 0 Å². The first-order valence-electron chi connectivity index (χ1n) is 4.97. The van der Waals surface area contributed by atoms with Crippen molar-refractivity contribution in [2.75, 3.05) is 13.1 Å². The average molecular weight is 171 g/mol. The van der Waals surface area contributed by atoms with Gasteiger partial charge < -0.3 is 5.32 Å². The van der Waals surface area contributed by atoms with E-state index in [1.807, 2.05) is 0 Å². The summed E-state index contributed by atoms with van der Waals surface area (Å²) in [5, 5.41) is 3.52. The monoisotopic (exact) mass is 171 g/mol. The van der Waals surface area contributed by atoms with Gasteiger partial charge in [-0.05, 0) is 17.3 Å². The lowest BCUT2D eigenvalue weighted by Gasteiger charge is -2.26. The summed E-state index contributed by atoms with van der Waals surface area (Å²) in [6, 6.07) is 0. The second kappa shape index (κ2) is 4.27. The summed E-state index contributed by atoms with van der Waals surface area (Å²) >= 11 is 0. The zero-order chi connectivity index (χ0) is 9.83. The van der Waals surface area contributed by atoms with Crippen LogP contribution in [-0.4, -0.2) is 13.1 Å². The van der Waals surface area contributed by atoms with Gasteiger partial charge in [0.1, 0.15) is 0 Å². The highest BCUT2D eigenvalue weighted by atomic mass is 14.9. The van der Waals surface area contributed by atoms with Gasteiger partial charge in [-0.1, -0.05) is 41.5 Å². The van der Waals surface area contributed by atoms with Gasteiger partial charge in [0.05, 0.1) is 0 Å². The van der Waals surface area contributed by atoms with Crippen molar-refractivity contribution in [1.82, 2.24) is 5.32 Å². The fourth-order valence-electron chi connectivity index (χ4n) is 0.901. The van der Waals surface area contributed by atoms with Crippen LogP contribution in [0.4, 0.5) is 0 Å². The van der Waals surface area contributed by atoms with E-state index in [9.17, 15) is 0 Å². The molecule has 0 aliphatic rings. The number of hydrogen-bond acceptors (Lipinski definition) is 1. The average Bonchev–Trinajstić information content (AvgIpc) is 1.84. The van der Waals surface area contributed by atoms with E-state index in [2.05, 4.69) is 46.9 Å². The van der Waals surface area contributed by atoms with Crippen LogP contribution in [0.1, 0.15) is 48.0 Å². The topological polar surface area (TPSA) is 12.0 Å². The molecule has 0 atom stereocenters. The zero-order valence-electron chi connectivity index (χ0n) is 9.62. The maximum Gasteiger partial charge on any atom is 0.000264 e. The third kappa shape index (κ3) is 6.66. The summed E-state index contributed by atoms with van der Waals surface area (Å²) in [4.78, 5) is 0. The van der Waals surface area contributed by atoms with Gasteiger partial charge in [0, 0.05) is 13.1 Å². The van der Waals surface area contributed by atoms with Gasteiger partial charge in [-0.2, -0.15) is 0 Å². The van der Waals surface area contributed by atoms with Gasteiger partial charge in [-0.25, -0.2) is 0 Å². The van der Waals surface area contributed by atoms with E-state index in [0.29, 0.717) is 10.8 Å². The molecule has 0 saturated heterocycles. The smallest absolute Gasteiger partial charge is 0.000264 e. The van der Waals surface area contributed by atoms with Gasteiger partial charge in [-0.3, -0.25) is 0 Å². The second-order valence-corrected chi connectivity index (χ2v) is 5.68. The quantitative estimate of drug-likeness (QED) is 0.685. The van der Waals surface area contributed by atoms with Crippen molar-refractivity contribution in [2.45, 2.75) is 48.0 Å². The second-order valence-electron chi connectivity index (χ2n) is 5.68. The van der Waals surface area contributed by atoms with Crippen molar-refractivity contribution in [3.8, 4) is 0 Å². The molecule has 0 saturated carbocycles. The lowest BCUT2D eigenvalue weighted by atomic mass is 9.89. The summed E-state index contributed by atoms with van der Waals surface area (Å²) in [7, 11) is 0. The lowest BCUT2D eigenvalue weighted by Crippen LogP contribution is -2.34. The first-order chi connectivity index (χ1) is 5.27. The van der Waals surface area contributed by atoms with E-state index < -0.39 is 0 Å². The summed E-state index contributed by atoms with van der Waals surface area (Å²) in [5.74, 6) is 0. The molecule has 1 heteroatoms. The van der Waals surface area contributed by atoms with Crippen molar-refractivity contribution in [1.29, 1.82) is 0 Å². The normalized spacial score (nSPS) is 13.5. The molecule has 0 heterocycles. The third-order valence-corrected chi connectivity index (χ3v) is 2.22. The molecule has 0 fully saturated rings. The Hall–Kier alpha value is -0.0400. The molecule has 0 aliphatic carbocycles. The van der Waals surface area contributed by atoms with Crippen LogP contribution in [0, 0.1) is 10.8 Å². The Bertz CT molecular complexity index is 119. The molecule has 0 bridgehead atoms. The summed E-state index contributed by atoms with van der Waals surface area (Å²) in [6.45, 7) is 15.9. The minimum atomic E-state index is 0.407. The summed E-state index contributed by atoms with van der Waals surface area (Å²) < 4.78 is 0. The van der Waals surface area contributed by atoms with Crippen molar-refractivity contribution in [3.63, 3.8) is 0 Å². The molecular weight excluding hydrogens is 146 g/mol. The van der Waals surface area contributed by atoms with Gasteiger partial charge in [-0.15, -0.1) is 0 Å². The predicted octanol–water partition coefficient (Wildman–Crippen LogP) is 3.06. The van der Waals surface area contributed by atoms with Crippen LogP contribution in [0.25, 0.3) is 0 Å². The van der Waals surface area contributed by atoms with Crippen molar-refractivity contribution < 1.29 is 0 Å². The number of hydrogen-bond donors (Lipinski definition) is 1. The SMILES string of the molecule is CCC(C)(C)CNCC(C)(C)C. The molecule has 1 nitrogen and oxygen atoms in total. The Morgan fingerprint density at radius 3 is 1.75 bits per heavy atom. The molecular formula is C11H25N. The first-order valence-corrected chi connectivity index (χ1v) is 4.97. The maximum atomic E-state index is 3.52. The van der Waals surface area contributed by atoms with Gasteiger partial charge in [0.15, 0.2) is 0 Å². The van der Waals surface area contributed by atoms with Crippen LogP contribution >= 0.6 is 0 Å². The van der Waals surface area contributed by atoms with Crippen LogP contribution in [0.3, 0.4) is 0 Å². The molecule has 12 heavy (non-hydrogen) atoms. The third-order valence-electron chi connectivity index (χ3n) is 2.22. The van der Waals surface area contributed by atoms with Crippen LogP contribution < -0.4 is 5.32 Å². The fraction of sp³-hybridized carbons (Fsp3) is 1.00. The van der Waals surface area contributed by atoms with Crippen LogP contribution in [-0.2, 0) is 0 Å². The Balaban J connectivity index is 3.57. The highest BCUT2D eigenvalue weighted by Gasteiger charge is 2.16. The highest BCUT2D eigenvalue weighted by molar-refractivity contribution is 4.72. The highest BCUT2D eigenvalue weighted by Crippen LogP contribution is 2.18. The molecule has 74 valence electrons. The van der Waals surface area contributed by atoms with Crippen molar-refractivity contribution in [3.05, 3.63) is 0 Å². The molecule has 0 spiro atoms. The molecule has 0 radical (unpaired) electrons.